The van der Waals surface area contributed by atoms with Crippen LogP contribution in [0, 0.1) is 0 Å². The summed E-state index contributed by atoms with van der Waals surface area (Å²) in [6, 6.07) is 0. The third-order valence-electron chi connectivity index (χ3n) is 4.16. The van der Waals surface area contributed by atoms with Gasteiger partial charge in [-0.2, -0.15) is 0 Å². The van der Waals surface area contributed by atoms with Gasteiger partial charge in [0.15, 0.2) is 12.6 Å². The first-order valence-corrected chi connectivity index (χ1v) is 10.3. The zero-order valence-electron chi connectivity index (χ0n) is 19.1. The van der Waals surface area contributed by atoms with Crippen LogP contribution < -0.4 is 0 Å². The lowest BCUT2D eigenvalue weighted by atomic mass is 9.99. The molecule has 0 radical (unpaired) electrons. The highest BCUT2D eigenvalue weighted by Gasteiger charge is 2.44. The molecule has 190 valence electrons. The van der Waals surface area contributed by atoms with Gasteiger partial charge in [-0.25, -0.2) is 0 Å². The topological polar surface area (TPSA) is 199 Å². The summed E-state index contributed by atoms with van der Waals surface area (Å²) in [5.74, 6) is 0. The fraction of sp³-hybridized carbons (Fsp3) is 1.00. The monoisotopic (exact) mass is 462 g/mol. The molecule has 0 saturated carbocycles. The smallest absolute Gasteiger partial charge is 0.186 e. The SMILES string of the molecule is CC.CCC.CO[C@@H]1O[C@H](CO)[C@@H](O)[C@H](O)[C@H]1O.CO[C@H]1O[C@H](CO)[C@@H](O)[C@H](O)[C@H]1O. The Morgan fingerprint density at radius 1 is 0.581 bits per heavy atom. The van der Waals surface area contributed by atoms with Crippen molar-refractivity contribution in [1.29, 1.82) is 0 Å². The Labute approximate surface area is 183 Å². The lowest BCUT2D eigenvalue weighted by Crippen LogP contribution is -2.58. The number of aliphatic hydroxyl groups is 8. The molecule has 2 aliphatic heterocycles. The van der Waals surface area contributed by atoms with Crippen molar-refractivity contribution in [1.82, 2.24) is 0 Å². The number of ether oxygens (including phenoxy) is 4. The number of methoxy groups -OCH3 is 2. The quantitative estimate of drug-likeness (QED) is 0.215. The Morgan fingerprint density at radius 2 is 0.839 bits per heavy atom. The predicted octanol–water partition coefficient (Wildman–Crippen LogP) is -2.69. The van der Waals surface area contributed by atoms with Gasteiger partial charge in [-0.05, 0) is 0 Å². The van der Waals surface area contributed by atoms with E-state index < -0.39 is 74.6 Å². The Morgan fingerprint density at radius 3 is 1.03 bits per heavy atom. The van der Waals surface area contributed by atoms with Crippen molar-refractivity contribution in [3.63, 3.8) is 0 Å². The summed E-state index contributed by atoms with van der Waals surface area (Å²) in [5, 5.41) is 73.1. The largest absolute Gasteiger partial charge is 0.394 e. The highest BCUT2D eigenvalue weighted by atomic mass is 16.7. The van der Waals surface area contributed by atoms with Crippen LogP contribution in [0.4, 0.5) is 0 Å². The summed E-state index contributed by atoms with van der Waals surface area (Å²) in [5.41, 5.74) is 0. The van der Waals surface area contributed by atoms with Gasteiger partial charge in [0.25, 0.3) is 0 Å². The van der Waals surface area contributed by atoms with Gasteiger partial charge < -0.3 is 59.8 Å². The average Bonchev–Trinajstić information content (AvgIpc) is 2.79. The van der Waals surface area contributed by atoms with Crippen LogP contribution in [-0.4, -0.2) is 130 Å². The molecule has 0 unspecified atom stereocenters. The molecular formula is C19H42O12. The summed E-state index contributed by atoms with van der Waals surface area (Å²) < 4.78 is 19.3. The van der Waals surface area contributed by atoms with E-state index in [0.717, 1.165) is 0 Å². The van der Waals surface area contributed by atoms with E-state index in [9.17, 15) is 30.6 Å². The maximum absolute atomic E-state index is 9.28. The van der Waals surface area contributed by atoms with Gasteiger partial charge in [-0.1, -0.05) is 34.1 Å². The van der Waals surface area contributed by atoms with Crippen molar-refractivity contribution in [2.75, 3.05) is 27.4 Å². The molecule has 0 amide bonds. The van der Waals surface area contributed by atoms with Crippen LogP contribution in [-0.2, 0) is 18.9 Å². The molecule has 0 bridgehead atoms. The van der Waals surface area contributed by atoms with Crippen molar-refractivity contribution in [3.8, 4) is 0 Å². The summed E-state index contributed by atoms with van der Waals surface area (Å²) in [6.45, 7) is 7.37. The maximum atomic E-state index is 9.28. The minimum atomic E-state index is -1.36. The van der Waals surface area contributed by atoms with E-state index in [1.807, 2.05) is 13.8 Å². The summed E-state index contributed by atoms with van der Waals surface area (Å²) >= 11 is 0. The van der Waals surface area contributed by atoms with Gasteiger partial charge in [0.2, 0.25) is 0 Å². The fourth-order valence-corrected chi connectivity index (χ4v) is 2.52. The van der Waals surface area contributed by atoms with Crippen molar-refractivity contribution in [3.05, 3.63) is 0 Å². The fourth-order valence-electron chi connectivity index (χ4n) is 2.52. The second kappa shape index (κ2) is 18.0. The molecular weight excluding hydrogens is 420 g/mol. The molecule has 10 atom stereocenters. The molecule has 2 heterocycles. The first kappa shape index (κ1) is 32.7. The predicted molar refractivity (Wildman–Crippen MR) is 109 cm³/mol. The van der Waals surface area contributed by atoms with Crippen LogP contribution in [0.1, 0.15) is 34.1 Å². The highest BCUT2D eigenvalue weighted by molar-refractivity contribution is 4.89. The van der Waals surface area contributed by atoms with E-state index in [2.05, 4.69) is 13.8 Å². The van der Waals surface area contributed by atoms with E-state index in [0.29, 0.717) is 0 Å². The summed E-state index contributed by atoms with van der Waals surface area (Å²) in [6.07, 6.45) is -10.6. The Balaban J connectivity index is 0. The molecule has 12 nitrogen and oxygen atoms in total. The molecule has 2 rings (SSSR count). The van der Waals surface area contributed by atoms with E-state index in [1.165, 1.54) is 20.6 Å². The van der Waals surface area contributed by atoms with E-state index in [4.69, 9.17) is 29.2 Å². The van der Waals surface area contributed by atoms with E-state index in [-0.39, 0.29) is 0 Å². The molecule has 0 aromatic heterocycles. The third-order valence-corrected chi connectivity index (χ3v) is 4.16. The standard InChI is InChI=1S/2C7H14O6.C3H8.C2H6/c2*1-12-7-6(11)5(10)4(9)3(2-8)13-7;1-3-2;1-2/h2*3-11H,2H2,1H3;3H2,1-2H3;1-2H3/t3-,4-,5+,6-,7+;3-,4-,5+,6-,7-;;/m11../s1. The van der Waals surface area contributed by atoms with Crippen LogP contribution in [0.5, 0.6) is 0 Å². The van der Waals surface area contributed by atoms with Crippen molar-refractivity contribution in [2.24, 2.45) is 0 Å². The van der Waals surface area contributed by atoms with Crippen LogP contribution in [0.15, 0.2) is 0 Å². The van der Waals surface area contributed by atoms with Gasteiger partial charge in [-0.3, -0.25) is 0 Å². The van der Waals surface area contributed by atoms with Gasteiger partial charge >= 0.3 is 0 Å². The van der Waals surface area contributed by atoms with Crippen LogP contribution in [0.3, 0.4) is 0 Å². The molecule has 0 aromatic rings. The van der Waals surface area contributed by atoms with Gasteiger partial charge in [0, 0.05) is 14.2 Å². The first-order chi connectivity index (χ1) is 14.6. The van der Waals surface area contributed by atoms with Crippen molar-refractivity contribution in [2.45, 2.75) is 95.5 Å². The zero-order chi connectivity index (χ0) is 24.7. The molecule has 0 spiro atoms. The number of aliphatic hydroxyl groups excluding tert-OH is 8. The van der Waals surface area contributed by atoms with Crippen molar-refractivity contribution >= 4 is 0 Å². The maximum Gasteiger partial charge on any atom is 0.186 e. The minimum absolute atomic E-state index is 0.440. The molecule has 0 aromatic carbocycles. The summed E-state index contributed by atoms with van der Waals surface area (Å²) in [4.78, 5) is 0. The van der Waals surface area contributed by atoms with Gasteiger partial charge in [0.1, 0.15) is 48.8 Å². The first-order valence-electron chi connectivity index (χ1n) is 10.3. The second-order valence-corrected chi connectivity index (χ2v) is 6.57. The second-order valence-electron chi connectivity index (χ2n) is 6.57. The Kier molecular flexibility index (Phi) is 19.0. The Hall–Kier alpha value is -0.480. The molecule has 12 heteroatoms. The molecule has 2 fully saturated rings. The molecule has 31 heavy (non-hydrogen) atoms. The third kappa shape index (κ3) is 9.90. The molecule has 2 saturated heterocycles. The summed E-state index contributed by atoms with van der Waals surface area (Å²) in [7, 11) is 2.60. The number of rotatable bonds is 4. The van der Waals surface area contributed by atoms with Crippen LogP contribution in [0.25, 0.3) is 0 Å². The zero-order valence-corrected chi connectivity index (χ0v) is 19.1. The van der Waals surface area contributed by atoms with E-state index in [1.54, 1.807) is 0 Å². The normalized spacial score (nSPS) is 39.7. The molecule has 2 aliphatic rings. The minimum Gasteiger partial charge on any atom is -0.394 e. The highest BCUT2D eigenvalue weighted by Crippen LogP contribution is 2.22. The van der Waals surface area contributed by atoms with Gasteiger partial charge in [-0.15, -0.1) is 0 Å². The Bertz CT molecular complexity index is 339. The van der Waals surface area contributed by atoms with E-state index >= 15 is 0 Å². The average molecular weight is 463 g/mol. The van der Waals surface area contributed by atoms with Crippen molar-refractivity contribution < 1.29 is 59.8 Å². The number of hydrogen-bond donors (Lipinski definition) is 8. The van der Waals surface area contributed by atoms with Crippen LogP contribution >= 0.6 is 0 Å². The molecule has 0 aliphatic carbocycles. The lowest BCUT2D eigenvalue weighted by Gasteiger charge is -2.38. The molecule has 8 N–H and O–H groups in total. The number of hydrogen-bond acceptors (Lipinski definition) is 12. The lowest BCUT2D eigenvalue weighted by molar-refractivity contribution is -0.294. The van der Waals surface area contributed by atoms with Crippen LogP contribution in [0.2, 0.25) is 0 Å². The van der Waals surface area contributed by atoms with Gasteiger partial charge in [0.05, 0.1) is 13.2 Å².